The molecule has 1 aromatic carbocycles. The van der Waals surface area contributed by atoms with Gasteiger partial charge in [0.25, 0.3) is 0 Å². The van der Waals surface area contributed by atoms with Crippen LogP contribution in [0, 0.1) is 5.92 Å². The summed E-state index contributed by atoms with van der Waals surface area (Å²) in [5.41, 5.74) is 1.78. The second kappa shape index (κ2) is 10.1. The number of piperidine rings is 1. The van der Waals surface area contributed by atoms with Gasteiger partial charge in [-0.1, -0.05) is 29.8 Å². The van der Waals surface area contributed by atoms with Gasteiger partial charge in [0, 0.05) is 37.1 Å². The summed E-state index contributed by atoms with van der Waals surface area (Å²) >= 11 is 6.24. The number of hydrogen-bond acceptors (Lipinski definition) is 7. The minimum absolute atomic E-state index is 0.0312. The predicted molar refractivity (Wildman–Crippen MR) is 132 cm³/mol. The number of rotatable bonds is 7. The topological polar surface area (TPSA) is 96.2 Å². The van der Waals surface area contributed by atoms with Crippen LogP contribution in [-0.4, -0.2) is 33.9 Å². The molecular weight excluding hydrogens is 452 g/mol. The number of furan rings is 1. The maximum absolute atomic E-state index is 12.7. The van der Waals surface area contributed by atoms with Crippen LogP contribution in [0.3, 0.4) is 0 Å². The van der Waals surface area contributed by atoms with Crippen molar-refractivity contribution < 1.29 is 9.21 Å². The Balaban J connectivity index is 1.28. The number of hydrogen-bond donors (Lipinski definition) is 2. The fourth-order valence-corrected chi connectivity index (χ4v) is 4.41. The first-order valence-electron chi connectivity index (χ1n) is 11.3. The maximum Gasteiger partial charge on any atom is 0.225 e. The molecule has 0 aliphatic carbocycles. The van der Waals surface area contributed by atoms with E-state index in [9.17, 15) is 4.79 Å². The van der Waals surface area contributed by atoms with Crippen molar-refractivity contribution in [2.45, 2.75) is 25.9 Å². The lowest BCUT2D eigenvalue weighted by Crippen LogP contribution is -2.43. The first-order chi connectivity index (χ1) is 16.7. The maximum atomic E-state index is 12.7. The number of anilines is 2. The molecular formula is C25H25ClN6O2. The summed E-state index contributed by atoms with van der Waals surface area (Å²) in [5.74, 6) is 1.99. The number of carbonyl (C=O) groups is 1. The highest BCUT2D eigenvalue weighted by molar-refractivity contribution is 6.31. The van der Waals surface area contributed by atoms with Crippen LogP contribution in [0.15, 0.2) is 65.5 Å². The molecule has 4 heterocycles. The minimum atomic E-state index is -0.113. The van der Waals surface area contributed by atoms with Gasteiger partial charge in [0.15, 0.2) is 0 Å². The van der Waals surface area contributed by atoms with E-state index in [1.54, 1.807) is 18.7 Å². The van der Waals surface area contributed by atoms with Crippen LogP contribution in [0.1, 0.15) is 24.2 Å². The summed E-state index contributed by atoms with van der Waals surface area (Å²) in [6.07, 6.45) is 6.91. The molecule has 1 amide bonds. The molecule has 0 saturated carbocycles. The van der Waals surface area contributed by atoms with E-state index < -0.39 is 0 Å². The van der Waals surface area contributed by atoms with Crippen molar-refractivity contribution in [3.05, 3.63) is 77.5 Å². The Morgan fingerprint density at radius 3 is 2.91 bits per heavy atom. The molecule has 1 saturated heterocycles. The van der Waals surface area contributed by atoms with Gasteiger partial charge < -0.3 is 20.0 Å². The van der Waals surface area contributed by atoms with E-state index in [-0.39, 0.29) is 11.8 Å². The molecule has 1 unspecified atom stereocenters. The monoisotopic (exact) mass is 476 g/mol. The highest BCUT2D eigenvalue weighted by atomic mass is 35.5. The molecule has 0 radical (unpaired) electrons. The zero-order valence-electron chi connectivity index (χ0n) is 18.6. The highest BCUT2D eigenvalue weighted by Crippen LogP contribution is 2.28. The van der Waals surface area contributed by atoms with Gasteiger partial charge in [0.2, 0.25) is 11.9 Å². The number of aromatic nitrogens is 3. The Kier molecular flexibility index (Phi) is 6.58. The molecule has 8 nitrogen and oxygen atoms in total. The van der Waals surface area contributed by atoms with E-state index in [0.29, 0.717) is 30.6 Å². The molecule has 5 rings (SSSR count). The Labute approximate surface area is 202 Å². The van der Waals surface area contributed by atoms with E-state index in [2.05, 4.69) is 30.5 Å². The average Bonchev–Trinajstić information content (AvgIpc) is 3.40. The number of fused-ring (bicyclic) bond motifs is 1. The zero-order chi connectivity index (χ0) is 23.3. The van der Waals surface area contributed by atoms with Crippen LogP contribution in [0.4, 0.5) is 11.8 Å². The molecule has 1 aliphatic heterocycles. The van der Waals surface area contributed by atoms with Gasteiger partial charge in [-0.25, -0.2) is 15.0 Å². The zero-order valence-corrected chi connectivity index (χ0v) is 19.3. The smallest absolute Gasteiger partial charge is 0.225 e. The number of nitrogens with zero attached hydrogens (tertiary/aromatic N) is 4. The van der Waals surface area contributed by atoms with Gasteiger partial charge in [-0.2, -0.15) is 0 Å². The Morgan fingerprint density at radius 2 is 2.06 bits per heavy atom. The van der Waals surface area contributed by atoms with Crippen molar-refractivity contribution in [1.29, 1.82) is 0 Å². The fourth-order valence-electron chi connectivity index (χ4n) is 4.21. The molecule has 1 fully saturated rings. The van der Waals surface area contributed by atoms with E-state index in [1.165, 1.54) is 0 Å². The van der Waals surface area contributed by atoms with Crippen LogP contribution >= 0.6 is 11.6 Å². The summed E-state index contributed by atoms with van der Waals surface area (Å²) < 4.78 is 5.31. The molecule has 0 bridgehead atoms. The SMILES string of the molecule is O=C(NCc1ccco1)C1CCCN(c2nccc3nc(NCc4ccccc4Cl)ncc23)C1. The predicted octanol–water partition coefficient (Wildman–Crippen LogP) is 4.42. The van der Waals surface area contributed by atoms with Crippen molar-refractivity contribution in [3.8, 4) is 0 Å². The molecule has 1 aliphatic rings. The third-order valence-electron chi connectivity index (χ3n) is 5.99. The lowest BCUT2D eigenvalue weighted by Gasteiger charge is -2.33. The van der Waals surface area contributed by atoms with Gasteiger partial charge in [-0.15, -0.1) is 0 Å². The van der Waals surface area contributed by atoms with E-state index >= 15 is 0 Å². The lowest BCUT2D eigenvalue weighted by molar-refractivity contribution is -0.125. The standard InChI is InChI=1S/C25H25ClN6O2/c26-21-8-2-1-5-17(21)13-29-25-30-15-20-22(31-25)9-10-27-23(20)32-11-3-6-18(16-32)24(33)28-14-19-7-4-12-34-19/h1-2,4-5,7-10,12,15,18H,3,6,11,13-14,16H2,(H,28,33)(H,29,30,31). The third-order valence-corrected chi connectivity index (χ3v) is 6.36. The molecule has 0 spiro atoms. The first-order valence-corrected chi connectivity index (χ1v) is 11.7. The fraction of sp³-hybridized carbons (Fsp3) is 0.280. The largest absolute Gasteiger partial charge is 0.467 e. The summed E-state index contributed by atoms with van der Waals surface area (Å²) in [7, 11) is 0. The van der Waals surface area contributed by atoms with Crippen molar-refractivity contribution in [3.63, 3.8) is 0 Å². The molecule has 9 heteroatoms. The first kappa shape index (κ1) is 22.2. The number of nitrogens with one attached hydrogen (secondary N) is 2. The number of pyridine rings is 1. The number of benzene rings is 1. The summed E-state index contributed by atoms with van der Waals surface area (Å²) in [6.45, 7) is 2.36. The van der Waals surface area contributed by atoms with Crippen LogP contribution in [0.2, 0.25) is 5.02 Å². The summed E-state index contributed by atoms with van der Waals surface area (Å²) in [6, 6.07) is 13.2. The Morgan fingerprint density at radius 1 is 1.15 bits per heavy atom. The second-order valence-electron chi connectivity index (χ2n) is 8.29. The summed E-state index contributed by atoms with van der Waals surface area (Å²) in [5, 5.41) is 7.79. The minimum Gasteiger partial charge on any atom is -0.467 e. The van der Waals surface area contributed by atoms with Crippen molar-refractivity contribution in [2.75, 3.05) is 23.3 Å². The van der Waals surface area contributed by atoms with Gasteiger partial charge in [-0.3, -0.25) is 4.79 Å². The quantitative estimate of drug-likeness (QED) is 0.407. The molecule has 4 aromatic rings. The second-order valence-corrected chi connectivity index (χ2v) is 8.70. The number of halogens is 1. The normalized spacial score (nSPS) is 15.9. The third kappa shape index (κ3) is 4.97. The van der Waals surface area contributed by atoms with E-state index in [0.717, 1.165) is 47.4 Å². The molecule has 174 valence electrons. The molecule has 3 aromatic heterocycles. The Hall–Kier alpha value is -3.65. The van der Waals surface area contributed by atoms with Gasteiger partial charge in [0.1, 0.15) is 11.6 Å². The van der Waals surface area contributed by atoms with E-state index in [1.807, 2.05) is 42.5 Å². The van der Waals surface area contributed by atoms with Crippen molar-refractivity contribution in [1.82, 2.24) is 20.3 Å². The van der Waals surface area contributed by atoms with Gasteiger partial charge in [0.05, 0.1) is 29.6 Å². The van der Waals surface area contributed by atoms with Crippen LogP contribution in [0.25, 0.3) is 10.9 Å². The van der Waals surface area contributed by atoms with Crippen LogP contribution in [-0.2, 0) is 17.9 Å². The number of carbonyl (C=O) groups excluding carboxylic acids is 1. The van der Waals surface area contributed by atoms with Crippen molar-refractivity contribution in [2.24, 2.45) is 5.92 Å². The highest BCUT2D eigenvalue weighted by Gasteiger charge is 2.27. The van der Waals surface area contributed by atoms with Gasteiger partial charge in [-0.05, 0) is 42.7 Å². The number of amides is 1. The molecule has 1 atom stereocenters. The lowest BCUT2D eigenvalue weighted by atomic mass is 9.97. The average molecular weight is 477 g/mol. The van der Waals surface area contributed by atoms with Crippen LogP contribution < -0.4 is 15.5 Å². The van der Waals surface area contributed by atoms with E-state index in [4.69, 9.17) is 16.0 Å². The van der Waals surface area contributed by atoms with Crippen molar-refractivity contribution >= 4 is 40.2 Å². The van der Waals surface area contributed by atoms with Gasteiger partial charge >= 0.3 is 0 Å². The molecule has 34 heavy (non-hydrogen) atoms. The van der Waals surface area contributed by atoms with Crippen LogP contribution in [0.5, 0.6) is 0 Å². The molecule has 2 N–H and O–H groups in total. The summed E-state index contributed by atoms with van der Waals surface area (Å²) in [4.78, 5) is 28.7. The Bertz CT molecular complexity index is 1280.